The lowest BCUT2D eigenvalue weighted by molar-refractivity contribution is 0.0942. The lowest BCUT2D eigenvalue weighted by atomic mass is 10.0. The molecule has 1 heterocycles. The van der Waals surface area contributed by atoms with Crippen LogP contribution in [-0.4, -0.2) is 19.8 Å². The maximum atomic E-state index is 13.2. The molecule has 1 aromatic heterocycles. The normalized spacial score (nSPS) is 10.9. The van der Waals surface area contributed by atoms with Crippen LogP contribution in [0.4, 0.5) is 4.39 Å². The third-order valence-electron chi connectivity index (χ3n) is 2.86. The van der Waals surface area contributed by atoms with Gasteiger partial charge in [-0.2, -0.15) is 0 Å². The highest BCUT2D eigenvalue weighted by atomic mass is 32.1. The molecule has 0 saturated heterocycles. The van der Waals surface area contributed by atoms with Gasteiger partial charge in [0.15, 0.2) is 0 Å². The molecule has 0 amide bonds. The van der Waals surface area contributed by atoms with Crippen LogP contribution in [-0.2, 0) is 9.47 Å². The van der Waals surface area contributed by atoms with Crippen LogP contribution in [0.2, 0.25) is 0 Å². The number of ether oxygens (including phenoxy) is 2. The third-order valence-corrected chi connectivity index (χ3v) is 3.85. The smallest absolute Gasteiger partial charge is 0.129 e. The van der Waals surface area contributed by atoms with Gasteiger partial charge >= 0.3 is 0 Å². The Bertz CT molecular complexity index is 638. The summed E-state index contributed by atoms with van der Waals surface area (Å²) in [6.07, 6.45) is 4.59. The molecule has 122 valence electrons. The van der Waals surface area contributed by atoms with Crippen LogP contribution in [0, 0.1) is 0 Å². The van der Waals surface area contributed by atoms with Crippen molar-refractivity contribution in [3.05, 3.63) is 84.1 Å². The van der Waals surface area contributed by atoms with Crippen LogP contribution in [0.3, 0.4) is 0 Å². The Kier molecular flexibility index (Phi) is 8.02. The summed E-state index contributed by atoms with van der Waals surface area (Å²) in [6.45, 7) is 19.6. The van der Waals surface area contributed by atoms with Gasteiger partial charge in [0.05, 0.1) is 13.2 Å². The van der Waals surface area contributed by atoms with Crippen LogP contribution >= 0.6 is 11.3 Å². The van der Waals surface area contributed by atoms with Crippen molar-refractivity contribution in [1.82, 2.24) is 0 Å². The van der Waals surface area contributed by atoms with E-state index in [1.165, 1.54) is 17.4 Å². The van der Waals surface area contributed by atoms with Gasteiger partial charge in [0.1, 0.15) is 18.2 Å². The molecule has 0 aromatic carbocycles. The molecule has 0 atom stereocenters. The maximum absolute atomic E-state index is 13.2. The predicted octanol–water partition coefficient (Wildman–Crippen LogP) is 5.55. The average Bonchev–Trinajstić information content (AvgIpc) is 3.00. The Morgan fingerprint density at radius 1 is 1.22 bits per heavy atom. The van der Waals surface area contributed by atoms with Crippen molar-refractivity contribution in [2.45, 2.75) is 0 Å². The van der Waals surface area contributed by atoms with Crippen LogP contribution in [0.5, 0.6) is 0 Å². The monoisotopic (exact) mass is 332 g/mol. The summed E-state index contributed by atoms with van der Waals surface area (Å²) < 4.78 is 24.0. The van der Waals surface area contributed by atoms with Crippen LogP contribution in [0.15, 0.2) is 73.7 Å². The number of rotatable bonds is 11. The molecule has 0 fully saturated rings. The minimum absolute atomic E-state index is 0.262. The first-order valence-corrected chi connectivity index (χ1v) is 7.85. The van der Waals surface area contributed by atoms with Gasteiger partial charge < -0.3 is 9.47 Å². The highest BCUT2D eigenvalue weighted by Gasteiger charge is 2.14. The molecule has 1 aromatic rings. The van der Waals surface area contributed by atoms with Crippen molar-refractivity contribution in [2.75, 3.05) is 19.8 Å². The first kappa shape index (κ1) is 18.9. The topological polar surface area (TPSA) is 18.5 Å². The highest BCUT2D eigenvalue weighted by molar-refractivity contribution is 7.11. The summed E-state index contributed by atoms with van der Waals surface area (Å²) in [6, 6.07) is 1.94. The van der Waals surface area contributed by atoms with Gasteiger partial charge in [-0.3, -0.25) is 0 Å². The fraction of sp³-hybridized carbons (Fsp3) is 0.158. The largest absolute Gasteiger partial charge is 0.490 e. The number of allylic oxidation sites excluding steroid dienone is 3. The van der Waals surface area contributed by atoms with Gasteiger partial charge in [0.2, 0.25) is 0 Å². The first-order valence-electron chi connectivity index (χ1n) is 6.97. The van der Waals surface area contributed by atoms with Gasteiger partial charge in [0, 0.05) is 16.5 Å². The fourth-order valence-electron chi connectivity index (χ4n) is 1.75. The first-order chi connectivity index (χ1) is 11.0. The van der Waals surface area contributed by atoms with Crippen molar-refractivity contribution in [1.29, 1.82) is 0 Å². The number of hydrogen-bond donors (Lipinski definition) is 0. The Morgan fingerprint density at radius 3 is 2.57 bits per heavy atom. The second-order valence-electron chi connectivity index (χ2n) is 4.53. The number of thiophene rings is 1. The highest BCUT2D eigenvalue weighted by Crippen LogP contribution is 2.33. The Balaban J connectivity index is 2.83. The number of halogens is 1. The molecule has 0 saturated carbocycles. The maximum Gasteiger partial charge on any atom is 0.129 e. The molecule has 0 aliphatic carbocycles. The van der Waals surface area contributed by atoms with Gasteiger partial charge in [0.25, 0.3) is 0 Å². The van der Waals surface area contributed by atoms with E-state index < -0.39 is 5.83 Å². The zero-order valence-corrected chi connectivity index (χ0v) is 14.0. The van der Waals surface area contributed by atoms with Crippen LogP contribution in [0.1, 0.15) is 10.4 Å². The second kappa shape index (κ2) is 9.77. The third kappa shape index (κ3) is 5.85. The van der Waals surface area contributed by atoms with Gasteiger partial charge in [-0.25, -0.2) is 4.39 Å². The van der Waals surface area contributed by atoms with E-state index in [0.29, 0.717) is 24.4 Å². The van der Waals surface area contributed by atoms with E-state index in [1.54, 1.807) is 12.2 Å². The average molecular weight is 332 g/mol. The molecule has 0 radical (unpaired) electrons. The van der Waals surface area contributed by atoms with Crippen molar-refractivity contribution in [3.8, 4) is 0 Å². The molecule has 0 aliphatic rings. The standard InChI is InChI=1S/C19H21FO2S/c1-6-9-21-10-11-22-18(13-14(3)20)15(4)16(5)19-17(7-2)8-12-23-19/h6-8,12-13H,1-5,9-11H2/b18-13+. The molecule has 0 bridgehead atoms. The van der Waals surface area contributed by atoms with E-state index in [9.17, 15) is 4.39 Å². The van der Waals surface area contributed by atoms with E-state index in [4.69, 9.17) is 9.47 Å². The van der Waals surface area contributed by atoms with Crippen LogP contribution < -0.4 is 0 Å². The lowest BCUT2D eigenvalue weighted by Crippen LogP contribution is -2.06. The van der Waals surface area contributed by atoms with E-state index in [0.717, 1.165) is 10.4 Å². The molecule has 2 nitrogen and oxygen atoms in total. The summed E-state index contributed by atoms with van der Waals surface area (Å²) in [5.41, 5.74) is 2.11. The molecular formula is C19H21FO2S. The predicted molar refractivity (Wildman–Crippen MR) is 97.9 cm³/mol. The molecule has 4 heteroatoms. The summed E-state index contributed by atoms with van der Waals surface area (Å²) in [4.78, 5) is 0.923. The molecule has 0 spiro atoms. The Morgan fingerprint density at radius 2 is 1.96 bits per heavy atom. The minimum Gasteiger partial charge on any atom is -0.490 e. The lowest BCUT2D eigenvalue weighted by Gasteiger charge is -2.15. The molecule has 0 unspecified atom stereocenters. The fourth-order valence-corrected chi connectivity index (χ4v) is 2.65. The zero-order valence-electron chi connectivity index (χ0n) is 13.1. The van der Waals surface area contributed by atoms with Crippen LogP contribution in [0.25, 0.3) is 11.6 Å². The van der Waals surface area contributed by atoms with Gasteiger partial charge in [-0.1, -0.05) is 38.5 Å². The van der Waals surface area contributed by atoms with E-state index in [1.807, 2.05) is 11.4 Å². The van der Waals surface area contributed by atoms with Crippen molar-refractivity contribution in [3.63, 3.8) is 0 Å². The number of hydrogen-bond acceptors (Lipinski definition) is 3. The van der Waals surface area contributed by atoms with Crippen molar-refractivity contribution < 1.29 is 13.9 Å². The molecule has 0 aliphatic heterocycles. The second-order valence-corrected chi connectivity index (χ2v) is 5.45. The van der Waals surface area contributed by atoms with Crippen molar-refractivity contribution >= 4 is 23.0 Å². The zero-order chi connectivity index (χ0) is 17.2. The molecule has 1 rings (SSSR count). The molecule has 0 N–H and O–H groups in total. The van der Waals surface area contributed by atoms with E-state index in [2.05, 4.69) is 32.9 Å². The van der Waals surface area contributed by atoms with Gasteiger partial charge in [-0.05, 0) is 22.6 Å². The summed E-state index contributed by atoms with van der Waals surface area (Å²) in [7, 11) is 0. The van der Waals surface area contributed by atoms with Crippen molar-refractivity contribution in [2.24, 2.45) is 0 Å². The minimum atomic E-state index is -0.615. The molecule has 23 heavy (non-hydrogen) atoms. The summed E-state index contributed by atoms with van der Waals surface area (Å²) in [5, 5.41) is 1.94. The summed E-state index contributed by atoms with van der Waals surface area (Å²) >= 11 is 1.52. The van der Waals surface area contributed by atoms with E-state index >= 15 is 0 Å². The Hall–Kier alpha value is -2.17. The Labute approximate surface area is 141 Å². The quantitative estimate of drug-likeness (QED) is 0.229. The summed E-state index contributed by atoms with van der Waals surface area (Å²) in [5.74, 6) is -0.329. The SMILES string of the molecule is C=CCOCCO/C(=C/C(=C)F)C(=C)C(=C)c1sccc1C=C. The van der Waals surface area contributed by atoms with E-state index in [-0.39, 0.29) is 12.4 Å². The molecular weight excluding hydrogens is 311 g/mol. The van der Waals surface area contributed by atoms with Gasteiger partial charge in [-0.15, -0.1) is 17.9 Å².